The van der Waals surface area contributed by atoms with Crippen LogP contribution in [0.25, 0.3) is 34.4 Å². The second kappa shape index (κ2) is 9.08. The first-order valence-corrected chi connectivity index (χ1v) is 13.4. The lowest BCUT2D eigenvalue weighted by molar-refractivity contribution is 0.716. The molecule has 6 rings (SSSR count). The van der Waals surface area contributed by atoms with Crippen molar-refractivity contribution in [3.8, 4) is 22.3 Å². The van der Waals surface area contributed by atoms with E-state index in [2.05, 4.69) is 116 Å². The van der Waals surface area contributed by atoms with Crippen molar-refractivity contribution in [1.82, 2.24) is 0 Å². The zero-order chi connectivity index (χ0) is 22.9. The Morgan fingerprint density at radius 3 is 2.00 bits per heavy atom. The minimum absolute atomic E-state index is 0.542. The topological polar surface area (TPSA) is 0 Å². The molecule has 0 N–H and O–H groups in total. The first-order chi connectivity index (χ1) is 16.8. The van der Waals surface area contributed by atoms with Crippen LogP contribution in [0.5, 0.6) is 0 Å². The predicted molar refractivity (Wildman–Crippen MR) is 147 cm³/mol. The summed E-state index contributed by atoms with van der Waals surface area (Å²) in [4.78, 5) is 0. The van der Waals surface area contributed by atoms with Crippen LogP contribution in [0.2, 0.25) is 0 Å². The molecule has 0 spiro atoms. The maximum Gasteiger partial charge on any atom is 0.111 e. The Kier molecular flexibility index (Phi) is 5.64. The summed E-state index contributed by atoms with van der Waals surface area (Å²) in [7, 11) is 0.753. The number of allylic oxidation sites excluding steroid dienone is 2. The maximum atomic E-state index is 2.53. The molecule has 164 valence electrons. The van der Waals surface area contributed by atoms with Gasteiger partial charge in [0.15, 0.2) is 0 Å². The molecule has 0 fully saturated rings. The number of benzene rings is 4. The summed E-state index contributed by atoms with van der Waals surface area (Å²) in [6, 6.07) is 35.4. The van der Waals surface area contributed by atoms with Crippen LogP contribution in [0, 0.1) is 0 Å². The van der Waals surface area contributed by atoms with E-state index in [0.717, 1.165) is 15.9 Å². The van der Waals surface area contributed by atoms with Crippen LogP contribution in [0.3, 0.4) is 0 Å². The molecule has 2 radical (unpaired) electrons. The van der Waals surface area contributed by atoms with Crippen LogP contribution < -0.4 is 0 Å². The van der Waals surface area contributed by atoms with E-state index in [-0.39, 0.29) is 0 Å². The van der Waals surface area contributed by atoms with Gasteiger partial charge < -0.3 is 0 Å². The Balaban J connectivity index is 1.35. The lowest BCUT2D eigenvalue weighted by Gasteiger charge is -2.17. The minimum Gasteiger partial charge on any atom is -0.0748 e. The van der Waals surface area contributed by atoms with Crippen molar-refractivity contribution in [3.05, 3.63) is 130 Å². The highest BCUT2D eigenvalue weighted by atomic mass is 28.2. The second-order valence-corrected chi connectivity index (χ2v) is 10.8. The summed E-state index contributed by atoms with van der Waals surface area (Å²) in [5, 5.41) is 3.18. The Hall–Kier alpha value is -3.42. The maximum absolute atomic E-state index is 2.53. The zero-order valence-electron chi connectivity index (χ0n) is 19.6. The molecule has 4 aromatic carbocycles. The third kappa shape index (κ3) is 3.80. The quantitative estimate of drug-likeness (QED) is 0.257. The predicted octanol–water partition coefficient (Wildman–Crippen LogP) is 8.56. The molecule has 0 heterocycles. The molecule has 1 unspecified atom stereocenters. The third-order valence-electron chi connectivity index (χ3n) is 7.14. The van der Waals surface area contributed by atoms with Gasteiger partial charge in [-0.1, -0.05) is 133 Å². The van der Waals surface area contributed by atoms with Gasteiger partial charge in [-0.05, 0) is 57.3 Å². The minimum atomic E-state index is 0.542. The highest BCUT2D eigenvalue weighted by Crippen LogP contribution is 2.44. The van der Waals surface area contributed by atoms with Crippen molar-refractivity contribution in [2.45, 2.75) is 32.1 Å². The van der Waals surface area contributed by atoms with Crippen molar-refractivity contribution < 1.29 is 0 Å². The zero-order valence-corrected chi connectivity index (χ0v) is 20.6. The fourth-order valence-electron chi connectivity index (χ4n) is 5.57. The van der Waals surface area contributed by atoms with E-state index in [1.165, 1.54) is 57.3 Å². The van der Waals surface area contributed by atoms with Gasteiger partial charge in [-0.25, -0.2) is 0 Å². The smallest absolute Gasteiger partial charge is 0.0748 e. The Bertz CT molecular complexity index is 1390. The summed E-state index contributed by atoms with van der Waals surface area (Å²) >= 11 is 0. The van der Waals surface area contributed by atoms with Gasteiger partial charge in [-0.2, -0.15) is 0 Å². The highest BCUT2D eigenvalue weighted by molar-refractivity contribution is 6.57. The lowest BCUT2D eigenvalue weighted by Crippen LogP contribution is -2.08. The summed E-state index contributed by atoms with van der Waals surface area (Å²) in [6.07, 6.45) is 8.52. The molecule has 1 atom stereocenters. The van der Waals surface area contributed by atoms with Crippen molar-refractivity contribution >= 4 is 21.7 Å². The van der Waals surface area contributed by atoms with E-state index < -0.39 is 0 Å². The highest BCUT2D eigenvalue weighted by Gasteiger charge is 2.28. The molecule has 0 aliphatic heterocycles. The van der Waals surface area contributed by atoms with Crippen LogP contribution in [-0.4, -0.2) is 9.52 Å². The van der Waals surface area contributed by atoms with Crippen molar-refractivity contribution in [2.24, 2.45) is 0 Å². The van der Waals surface area contributed by atoms with Crippen LogP contribution in [0.15, 0.2) is 107 Å². The largest absolute Gasteiger partial charge is 0.111 e. The summed E-state index contributed by atoms with van der Waals surface area (Å²) in [5.41, 5.74) is 11.2. The number of hydrogen-bond donors (Lipinski definition) is 0. The van der Waals surface area contributed by atoms with Crippen LogP contribution in [0.1, 0.15) is 47.9 Å². The molecule has 4 aromatic rings. The monoisotopic (exact) mass is 452 g/mol. The Labute approximate surface area is 205 Å². The third-order valence-corrected chi connectivity index (χ3v) is 8.56. The SMILES string of the molecule is CCCC1C([Si]C2=Cc3c(cccc3-c3ccccc3)C2)=Cc2c(-c3ccccc3)cccc21. The number of rotatable bonds is 6. The van der Waals surface area contributed by atoms with E-state index in [9.17, 15) is 0 Å². The molecule has 2 aliphatic carbocycles. The molecule has 0 nitrogen and oxygen atoms in total. The van der Waals surface area contributed by atoms with Gasteiger partial charge in [0, 0.05) is 5.92 Å². The number of hydrogen-bond acceptors (Lipinski definition) is 0. The molecule has 0 bridgehead atoms. The van der Waals surface area contributed by atoms with E-state index in [4.69, 9.17) is 0 Å². The molecule has 0 amide bonds. The van der Waals surface area contributed by atoms with Crippen molar-refractivity contribution in [3.63, 3.8) is 0 Å². The summed E-state index contributed by atoms with van der Waals surface area (Å²) in [6.45, 7) is 2.32. The Morgan fingerprint density at radius 1 is 0.676 bits per heavy atom. The molecule has 0 aromatic heterocycles. The molecular formula is C33H28Si. The van der Waals surface area contributed by atoms with E-state index in [1.807, 2.05) is 0 Å². The first-order valence-electron chi connectivity index (χ1n) is 12.4. The van der Waals surface area contributed by atoms with Gasteiger partial charge in [0.1, 0.15) is 9.52 Å². The van der Waals surface area contributed by atoms with Gasteiger partial charge in [-0.15, -0.1) is 0 Å². The average Bonchev–Trinajstić information content (AvgIpc) is 3.46. The summed E-state index contributed by atoms with van der Waals surface area (Å²) in [5.74, 6) is 0.542. The molecule has 1 heteroatoms. The van der Waals surface area contributed by atoms with Gasteiger partial charge in [0.2, 0.25) is 0 Å². The van der Waals surface area contributed by atoms with Crippen molar-refractivity contribution in [1.29, 1.82) is 0 Å². The molecule has 0 saturated carbocycles. The van der Waals surface area contributed by atoms with Crippen LogP contribution >= 0.6 is 0 Å². The van der Waals surface area contributed by atoms with E-state index in [0.29, 0.717) is 5.92 Å². The van der Waals surface area contributed by atoms with Crippen molar-refractivity contribution in [2.75, 3.05) is 0 Å². The van der Waals surface area contributed by atoms with E-state index >= 15 is 0 Å². The van der Waals surface area contributed by atoms with Gasteiger partial charge in [0.05, 0.1) is 0 Å². The Morgan fingerprint density at radius 2 is 1.32 bits per heavy atom. The molecule has 0 saturated heterocycles. The van der Waals surface area contributed by atoms with E-state index in [1.54, 1.807) is 10.4 Å². The lowest BCUT2D eigenvalue weighted by atomic mass is 9.92. The summed E-state index contributed by atoms with van der Waals surface area (Å²) < 4.78 is 0. The van der Waals surface area contributed by atoms with Gasteiger partial charge in [0.25, 0.3) is 0 Å². The molecular weight excluding hydrogens is 424 g/mol. The normalized spacial score (nSPS) is 16.1. The molecule has 34 heavy (non-hydrogen) atoms. The number of fused-ring (bicyclic) bond motifs is 2. The van der Waals surface area contributed by atoms with Crippen LogP contribution in [0.4, 0.5) is 0 Å². The average molecular weight is 453 g/mol. The fraction of sp³-hybridized carbons (Fsp3) is 0.152. The van der Waals surface area contributed by atoms with Crippen LogP contribution in [-0.2, 0) is 6.42 Å². The molecule has 2 aliphatic rings. The second-order valence-electron chi connectivity index (χ2n) is 9.33. The van der Waals surface area contributed by atoms with Gasteiger partial charge >= 0.3 is 0 Å². The first kappa shape index (κ1) is 21.1. The van der Waals surface area contributed by atoms with Gasteiger partial charge in [-0.3, -0.25) is 0 Å². The standard InChI is InChI=1S/C33H28Si/c1-2-11-30-29-19-10-18-28(24-14-7-4-8-15-24)32(29)22-33(30)34-26-20-25-16-9-17-27(31(25)21-26)23-12-5-3-6-13-23/h3-10,12-19,21-22,30H,2,11,20H2,1H3. The fourth-order valence-corrected chi connectivity index (χ4v) is 7.12.